The molecule has 0 unspecified atom stereocenters. The van der Waals surface area contributed by atoms with Crippen molar-refractivity contribution in [3.05, 3.63) is 11.6 Å². The smallest absolute Gasteiger partial charge is 0.130 e. The van der Waals surface area contributed by atoms with Gasteiger partial charge in [0, 0.05) is 5.92 Å². The van der Waals surface area contributed by atoms with Crippen LogP contribution in [-0.2, 0) is 4.79 Å². The van der Waals surface area contributed by atoms with Gasteiger partial charge in [0.1, 0.15) is 6.29 Å². The fraction of sp³-hybridized carbons (Fsp3) is 0.864. The van der Waals surface area contributed by atoms with Crippen molar-refractivity contribution in [3.8, 4) is 0 Å². The molecule has 0 aromatic carbocycles. The molecule has 3 heteroatoms. The Morgan fingerprint density at radius 2 is 1.84 bits per heavy atom. The number of hydrogen-bond donors (Lipinski definition) is 2. The first-order valence-corrected chi connectivity index (χ1v) is 10.3. The largest absolute Gasteiger partial charge is 0.393 e. The Morgan fingerprint density at radius 3 is 2.52 bits per heavy atom. The molecule has 0 radical (unpaired) electrons. The second-order valence-corrected chi connectivity index (χ2v) is 9.95. The highest BCUT2D eigenvalue weighted by atomic mass is 16.3. The lowest BCUT2D eigenvalue weighted by Crippen LogP contribution is -2.58. The van der Waals surface area contributed by atoms with Crippen LogP contribution in [0.1, 0.15) is 59.8 Å². The van der Waals surface area contributed by atoms with Crippen molar-refractivity contribution in [2.45, 2.75) is 72.0 Å². The summed E-state index contributed by atoms with van der Waals surface area (Å²) in [6, 6.07) is 0. The van der Waals surface area contributed by atoms with E-state index >= 15 is 0 Å². The molecule has 0 amide bonds. The van der Waals surface area contributed by atoms with Crippen LogP contribution in [0.2, 0.25) is 0 Å². The molecule has 2 N–H and O–H groups in total. The number of carbonyl (C=O) groups is 1. The van der Waals surface area contributed by atoms with Gasteiger partial charge in [-0.25, -0.2) is 0 Å². The Hall–Kier alpha value is -0.670. The first-order valence-electron chi connectivity index (χ1n) is 10.3. The van der Waals surface area contributed by atoms with Gasteiger partial charge in [-0.15, -0.1) is 0 Å². The monoisotopic (exact) mass is 346 g/mol. The van der Waals surface area contributed by atoms with Crippen LogP contribution in [0.3, 0.4) is 0 Å². The molecule has 0 aromatic rings. The van der Waals surface area contributed by atoms with Crippen molar-refractivity contribution in [2.24, 2.45) is 46.3 Å². The summed E-state index contributed by atoms with van der Waals surface area (Å²) in [5.41, 5.74) is 0.836. The number of aliphatic hydroxyl groups is 2. The Labute approximate surface area is 151 Å². The maximum absolute atomic E-state index is 12.6. The van der Waals surface area contributed by atoms with Gasteiger partial charge >= 0.3 is 0 Å². The van der Waals surface area contributed by atoms with Crippen molar-refractivity contribution >= 4 is 6.29 Å². The van der Waals surface area contributed by atoms with E-state index in [2.05, 4.69) is 33.8 Å². The second kappa shape index (κ2) is 5.66. The summed E-state index contributed by atoms with van der Waals surface area (Å²) >= 11 is 0. The van der Waals surface area contributed by atoms with Crippen molar-refractivity contribution in [2.75, 3.05) is 0 Å². The van der Waals surface area contributed by atoms with Gasteiger partial charge in [-0.2, -0.15) is 0 Å². The summed E-state index contributed by atoms with van der Waals surface area (Å²) in [4.78, 5) is 12.6. The molecule has 4 aliphatic carbocycles. The van der Waals surface area contributed by atoms with Crippen molar-refractivity contribution in [3.63, 3.8) is 0 Å². The van der Waals surface area contributed by atoms with Crippen LogP contribution in [0, 0.1) is 46.3 Å². The summed E-state index contributed by atoms with van der Waals surface area (Å²) in [7, 11) is 0. The molecule has 140 valence electrons. The molecule has 3 nitrogen and oxygen atoms in total. The Balaban J connectivity index is 1.83. The third-order valence-corrected chi connectivity index (χ3v) is 9.12. The zero-order valence-corrected chi connectivity index (χ0v) is 16.1. The number of hydrogen-bond acceptors (Lipinski definition) is 3. The first kappa shape index (κ1) is 17.7. The number of aldehydes is 1. The van der Waals surface area contributed by atoms with Crippen LogP contribution in [0.4, 0.5) is 0 Å². The van der Waals surface area contributed by atoms with E-state index < -0.39 is 5.41 Å². The average molecular weight is 347 g/mol. The highest BCUT2D eigenvalue weighted by Crippen LogP contribution is 2.67. The van der Waals surface area contributed by atoms with Gasteiger partial charge < -0.3 is 15.0 Å². The highest BCUT2D eigenvalue weighted by molar-refractivity contribution is 5.68. The number of fused-ring (bicyclic) bond motifs is 5. The summed E-state index contributed by atoms with van der Waals surface area (Å²) in [5, 5.41) is 21.1. The van der Waals surface area contributed by atoms with Gasteiger partial charge in [0.2, 0.25) is 0 Å². The van der Waals surface area contributed by atoms with Crippen LogP contribution >= 0.6 is 0 Å². The average Bonchev–Trinajstić information content (AvgIpc) is 2.88. The van der Waals surface area contributed by atoms with Crippen LogP contribution in [-0.4, -0.2) is 28.7 Å². The van der Waals surface area contributed by atoms with E-state index in [0.717, 1.165) is 32.1 Å². The summed E-state index contributed by atoms with van der Waals surface area (Å²) in [6.45, 7) is 8.84. The minimum Gasteiger partial charge on any atom is -0.393 e. The van der Waals surface area contributed by atoms with Crippen LogP contribution in [0.5, 0.6) is 0 Å². The molecule has 25 heavy (non-hydrogen) atoms. The van der Waals surface area contributed by atoms with E-state index in [-0.39, 0.29) is 29.5 Å². The van der Waals surface area contributed by atoms with Crippen molar-refractivity contribution < 1.29 is 15.0 Å². The lowest BCUT2D eigenvalue weighted by molar-refractivity contribution is -0.140. The number of aliphatic hydroxyl groups excluding tert-OH is 2. The molecule has 3 fully saturated rings. The third kappa shape index (κ3) is 2.09. The molecule has 0 aromatic heterocycles. The van der Waals surface area contributed by atoms with E-state index in [1.165, 1.54) is 11.9 Å². The number of rotatable bonds is 1. The van der Waals surface area contributed by atoms with Crippen LogP contribution < -0.4 is 0 Å². The SMILES string of the molecule is C[C@@H]1C=C2[C@H](C)[C@@H](O)C[C@@H](C)[C@]2(C=O)[C@H]2CC[C@]3(C)[C@@H](O)CC[C@H]3[C@H]12. The van der Waals surface area contributed by atoms with E-state index in [1.54, 1.807) is 0 Å². The minimum absolute atomic E-state index is 0.0217. The molecule has 4 aliphatic rings. The summed E-state index contributed by atoms with van der Waals surface area (Å²) in [5.74, 6) is 2.05. The first-order chi connectivity index (χ1) is 11.8. The zero-order valence-electron chi connectivity index (χ0n) is 16.1. The molecule has 3 saturated carbocycles. The topological polar surface area (TPSA) is 57.5 Å². The molecule has 0 heterocycles. The molecule has 0 saturated heterocycles. The quantitative estimate of drug-likeness (QED) is 0.563. The van der Waals surface area contributed by atoms with Gasteiger partial charge in [-0.1, -0.05) is 39.3 Å². The molecule has 4 rings (SSSR count). The molecular formula is C22H34O3. The predicted octanol–water partition coefficient (Wildman–Crippen LogP) is 3.59. The van der Waals surface area contributed by atoms with Gasteiger partial charge in [0.05, 0.1) is 17.6 Å². The fourth-order valence-electron chi connectivity index (χ4n) is 7.65. The number of carbonyl (C=O) groups excluding carboxylic acids is 1. The van der Waals surface area contributed by atoms with Crippen molar-refractivity contribution in [1.29, 1.82) is 0 Å². The highest BCUT2D eigenvalue weighted by Gasteiger charge is 2.63. The molecule has 0 aliphatic heterocycles. The maximum Gasteiger partial charge on any atom is 0.130 e. The van der Waals surface area contributed by atoms with E-state index in [9.17, 15) is 15.0 Å². The summed E-state index contributed by atoms with van der Waals surface area (Å²) in [6.07, 6.45) is 7.85. The molecular weight excluding hydrogens is 312 g/mol. The lowest BCUT2D eigenvalue weighted by atomic mass is 9.43. The summed E-state index contributed by atoms with van der Waals surface area (Å²) < 4.78 is 0. The van der Waals surface area contributed by atoms with Gasteiger partial charge in [0.15, 0.2) is 0 Å². The molecule has 0 spiro atoms. The van der Waals surface area contributed by atoms with E-state index in [4.69, 9.17) is 0 Å². The van der Waals surface area contributed by atoms with Gasteiger partial charge in [-0.05, 0) is 67.1 Å². The maximum atomic E-state index is 12.6. The van der Waals surface area contributed by atoms with Gasteiger partial charge in [-0.3, -0.25) is 0 Å². The fourth-order valence-corrected chi connectivity index (χ4v) is 7.65. The van der Waals surface area contributed by atoms with E-state index in [0.29, 0.717) is 23.7 Å². The Morgan fingerprint density at radius 1 is 1.12 bits per heavy atom. The Kier molecular flexibility index (Phi) is 4.01. The lowest BCUT2D eigenvalue weighted by Gasteiger charge is -2.61. The molecule has 0 bridgehead atoms. The number of allylic oxidation sites excluding steroid dienone is 1. The Bertz CT molecular complexity index is 598. The predicted molar refractivity (Wildman–Crippen MR) is 97.7 cm³/mol. The standard InChI is InChI=1S/C22H34O3/c1-12-9-17-14(3)18(24)10-13(2)22(17,11-23)16-7-8-21(4)15(20(12)16)5-6-19(21)25/h9,11-16,18-20,24-25H,5-8,10H2,1-4H3/t12-,13-,14+,15+,16+,18+,19+,20+,21+,22-/m1/s1. The van der Waals surface area contributed by atoms with Crippen LogP contribution in [0.25, 0.3) is 0 Å². The van der Waals surface area contributed by atoms with Crippen molar-refractivity contribution in [1.82, 2.24) is 0 Å². The van der Waals surface area contributed by atoms with E-state index in [1.807, 2.05) is 0 Å². The minimum atomic E-state index is -0.398. The normalized spacial score (nSPS) is 57.9. The van der Waals surface area contributed by atoms with Gasteiger partial charge in [0.25, 0.3) is 0 Å². The molecule has 10 atom stereocenters. The third-order valence-electron chi connectivity index (χ3n) is 9.12. The zero-order chi connectivity index (χ0) is 18.1. The second-order valence-electron chi connectivity index (χ2n) is 9.95. The van der Waals surface area contributed by atoms with Crippen LogP contribution in [0.15, 0.2) is 11.6 Å².